The third-order valence-electron chi connectivity index (χ3n) is 9.47. The van der Waals surface area contributed by atoms with Gasteiger partial charge in [0.05, 0.1) is 10.8 Å². The second kappa shape index (κ2) is 11.5. The third kappa shape index (κ3) is 5.82. The molecule has 0 bridgehead atoms. The summed E-state index contributed by atoms with van der Waals surface area (Å²) in [6.07, 6.45) is -13.4. The van der Waals surface area contributed by atoms with E-state index < -0.39 is 73.2 Å². The Morgan fingerprint density at radius 2 is 1.62 bits per heavy atom. The van der Waals surface area contributed by atoms with Crippen LogP contribution < -0.4 is 5.32 Å². The van der Waals surface area contributed by atoms with Crippen LogP contribution in [0, 0.1) is 17.7 Å². The highest BCUT2D eigenvalue weighted by molar-refractivity contribution is 7.92. The number of aryl methyl sites for hydroxylation is 1. The number of nitrogens with zero attached hydrogens (tertiary/aromatic N) is 1. The average Bonchev–Trinajstić information content (AvgIpc) is 3.51. The molecule has 254 valence electrons. The van der Waals surface area contributed by atoms with Crippen LogP contribution in [0.5, 0.6) is 0 Å². The van der Waals surface area contributed by atoms with Crippen LogP contribution in [-0.2, 0) is 36.3 Å². The van der Waals surface area contributed by atoms with Gasteiger partial charge in [0.25, 0.3) is 0 Å². The molecule has 1 aliphatic heterocycles. The van der Waals surface area contributed by atoms with Crippen LogP contribution in [0.15, 0.2) is 47.4 Å². The number of aliphatic hydroxyl groups is 1. The maximum Gasteiger partial charge on any atom is 0.435 e. The SMILES string of the molecule is BC(B)(O)CN1C[C@@H](C(=O)N[C@@H]2CC[C@@]3(S(=O)(=O)c4ccc(F)cc4)c4ccc(C(F)(C(F)(F)F)C(F)(F)F)cc4CC[C@@H]23)CC1=O. The van der Waals surface area contributed by atoms with Crippen LogP contribution in [0.25, 0.3) is 0 Å². The summed E-state index contributed by atoms with van der Waals surface area (Å²) in [5.74, 6) is -3.45. The summed E-state index contributed by atoms with van der Waals surface area (Å²) < 4.78 is 137. The van der Waals surface area contributed by atoms with Crippen molar-refractivity contribution >= 4 is 37.3 Å². The summed E-state index contributed by atoms with van der Waals surface area (Å²) in [5, 5.41) is 11.7. The molecule has 0 radical (unpaired) electrons. The first-order valence-electron chi connectivity index (χ1n) is 14.8. The molecular formula is C29H30B2F8N2O5S. The largest absolute Gasteiger partial charge is 0.435 e. The molecule has 1 saturated heterocycles. The van der Waals surface area contributed by atoms with Gasteiger partial charge in [0.15, 0.2) is 9.84 Å². The summed E-state index contributed by atoms with van der Waals surface area (Å²) >= 11 is 0. The second-order valence-corrected chi connectivity index (χ2v) is 15.4. The highest BCUT2D eigenvalue weighted by atomic mass is 32.2. The molecule has 2 fully saturated rings. The maximum atomic E-state index is 15.0. The van der Waals surface area contributed by atoms with Crippen molar-refractivity contribution in [3.8, 4) is 0 Å². The predicted molar refractivity (Wildman–Crippen MR) is 156 cm³/mol. The molecule has 2 aromatic carbocycles. The molecule has 2 N–H and O–H groups in total. The molecule has 18 heteroatoms. The summed E-state index contributed by atoms with van der Waals surface area (Å²) in [4.78, 5) is 26.9. The number of β-amino-alcohol motifs (C(OH)–C–C–N with tert-alkyl or cyclic N) is 1. The van der Waals surface area contributed by atoms with Crippen molar-refractivity contribution in [3.05, 3.63) is 65.0 Å². The molecule has 4 atom stereocenters. The van der Waals surface area contributed by atoms with Crippen molar-refractivity contribution in [1.82, 2.24) is 10.2 Å². The van der Waals surface area contributed by atoms with Crippen LogP contribution in [-0.4, -0.2) is 82.8 Å². The van der Waals surface area contributed by atoms with E-state index in [2.05, 4.69) is 5.32 Å². The van der Waals surface area contributed by atoms with Crippen molar-refractivity contribution in [2.75, 3.05) is 13.1 Å². The van der Waals surface area contributed by atoms with Gasteiger partial charge in [-0.25, -0.2) is 17.2 Å². The highest BCUT2D eigenvalue weighted by Gasteiger charge is 2.74. The number of hydrogen-bond donors (Lipinski definition) is 2. The Morgan fingerprint density at radius 1 is 1.00 bits per heavy atom. The van der Waals surface area contributed by atoms with Crippen LogP contribution in [0.3, 0.4) is 0 Å². The molecule has 2 aliphatic carbocycles. The summed E-state index contributed by atoms with van der Waals surface area (Å²) in [5.41, 5.74) is -7.82. The number of fused-ring (bicyclic) bond motifs is 3. The fourth-order valence-corrected chi connectivity index (χ4v) is 9.89. The molecule has 1 heterocycles. The van der Waals surface area contributed by atoms with E-state index >= 15 is 4.39 Å². The Bertz CT molecular complexity index is 1670. The van der Waals surface area contributed by atoms with Crippen molar-refractivity contribution in [3.63, 3.8) is 0 Å². The first-order chi connectivity index (χ1) is 21.5. The number of hydrogen-bond acceptors (Lipinski definition) is 5. The van der Waals surface area contributed by atoms with Crippen LogP contribution in [0.2, 0.25) is 0 Å². The van der Waals surface area contributed by atoms with E-state index in [0.29, 0.717) is 6.07 Å². The van der Waals surface area contributed by atoms with E-state index in [1.165, 1.54) is 20.6 Å². The molecule has 47 heavy (non-hydrogen) atoms. The van der Waals surface area contributed by atoms with Crippen molar-refractivity contribution in [2.24, 2.45) is 11.8 Å². The fraction of sp³-hybridized carbons (Fsp3) is 0.517. The van der Waals surface area contributed by atoms with E-state index in [0.717, 1.165) is 30.3 Å². The number of halogens is 8. The molecule has 1 saturated carbocycles. The van der Waals surface area contributed by atoms with E-state index in [9.17, 15) is 53.8 Å². The summed E-state index contributed by atoms with van der Waals surface area (Å²) in [6.45, 7) is -0.0254. The Kier molecular flexibility index (Phi) is 8.60. The zero-order valence-electron chi connectivity index (χ0n) is 25.2. The Morgan fingerprint density at radius 3 is 2.19 bits per heavy atom. The number of rotatable bonds is 7. The number of likely N-dealkylation sites (tertiary alicyclic amines) is 1. The molecule has 2 aromatic rings. The Labute approximate surface area is 266 Å². The smallest absolute Gasteiger partial charge is 0.406 e. The lowest BCUT2D eigenvalue weighted by Crippen LogP contribution is -2.51. The normalized spacial score (nSPS) is 25.4. The van der Waals surface area contributed by atoms with Gasteiger partial charge in [0.1, 0.15) is 26.3 Å². The zero-order chi connectivity index (χ0) is 35.0. The van der Waals surface area contributed by atoms with E-state index in [1.54, 1.807) is 0 Å². The lowest BCUT2D eigenvalue weighted by atomic mass is 9.65. The van der Waals surface area contributed by atoms with Gasteiger partial charge in [-0.3, -0.25) is 9.59 Å². The molecule has 3 aliphatic rings. The van der Waals surface area contributed by atoms with Crippen LogP contribution >= 0.6 is 0 Å². The van der Waals surface area contributed by atoms with Crippen LogP contribution in [0.1, 0.15) is 42.4 Å². The molecule has 5 rings (SSSR count). The minimum absolute atomic E-state index is 0.0000656. The Hall–Kier alpha value is -3.14. The van der Waals surface area contributed by atoms with Gasteiger partial charge in [-0.2, -0.15) is 26.3 Å². The van der Waals surface area contributed by atoms with Gasteiger partial charge < -0.3 is 15.3 Å². The third-order valence-corrected chi connectivity index (χ3v) is 12.0. The van der Waals surface area contributed by atoms with Crippen molar-refractivity contribution in [2.45, 2.75) is 71.2 Å². The number of carbonyl (C=O) groups is 2. The number of alkyl halides is 7. The van der Waals surface area contributed by atoms with Crippen molar-refractivity contribution in [1.29, 1.82) is 0 Å². The first kappa shape index (κ1) is 35.2. The maximum absolute atomic E-state index is 15.0. The molecular weight excluding hydrogens is 662 g/mol. The molecule has 0 unspecified atom stereocenters. The lowest BCUT2D eigenvalue weighted by Gasteiger charge is -2.43. The number of sulfone groups is 1. The predicted octanol–water partition coefficient (Wildman–Crippen LogP) is 2.39. The van der Waals surface area contributed by atoms with E-state index in [1.807, 2.05) is 0 Å². The lowest BCUT2D eigenvalue weighted by molar-refractivity contribution is -0.348. The minimum atomic E-state index is -6.37. The quantitative estimate of drug-likeness (QED) is 0.264. The fourth-order valence-electron chi connectivity index (χ4n) is 7.42. The summed E-state index contributed by atoms with van der Waals surface area (Å²) in [7, 11) is -1.57. The van der Waals surface area contributed by atoms with Crippen molar-refractivity contribution < 1.29 is 58.2 Å². The highest BCUT2D eigenvalue weighted by Crippen LogP contribution is 2.59. The van der Waals surface area contributed by atoms with Gasteiger partial charge in [-0.05, 0) is 61.1 Å². The standard InChI is InChI=1S/C29H30B2F8N2O5S/c30-26(31,44)14-41-13-16(12-23(41)42)24(43)40-22-9-10-25(47(45,46)19-5-3-18(32)4-6-19)20-8-2-17(11-15(20)1-7-21(22)25)27(33,28(34,35)36)29(37,38)39/h2-6,8,11,16,21-22,44H,1,7,9-10,12-14,30-31H2,(H,40,43)/t16-,21-,22+,25+/m0/s1. The number of carbonyl (C=O) groups excluding carboxylic acids is 2. The van der Waals surface area contributed by atoms with Gasteiger partial charge in [0.2, 0.25) is 11.8 Å². The Balaban J connectivity index is 1.55. The van der Waals surface area contributed by atoms with E-state index in [4.69, 9.17) is 0 Å². The molecule has 7 nitrogen and oxygen atoms in total. The van der Waals surface area contributed by atoms with Gasteiger partial charge in [-0.1, -0.05) is 18.2 Å². The van der Waals surface area contributed by atoms with E-state index in [-0.39, 0.29) is 73.2 Å². The van der Waals surface area contributed by atoms with Gasteiger partial charge in [0, 0.05) is 42.4 Å². The first-order valence-corrected chi connectivity index (χ1v) is 16.3. The molecule has 2 amide bonds. The second-order valence-electron chi connectivity index (χ2n) is 13.2. The topological polar surface area (TPSA) is 104 Å². The number of nitrogens with one attached hydrogen (secondary N) is 1. The van der Waals surface area contributed by atoms with Crippen LogP contribution in [0.4, 0.5) is 35.1 Å². The van der Waals surface area contributed by atoms with Gasteiger partial charge >= 0.3 is 18.0 Å². The number of benzene rings is 2. The number of amides is 2. The zero-order valence-corrected chi connectivity index (χ0v) is 26.0. The summed E-state index contributed by atoms with van der Waals surface area (Å²) in [6, 6.07) is 4.39. The molecule has 0 aromatic heterocycles. The average molecular weight is 692 g/mol. The molecule has 0 spiro atoms. The monoisotopic (exact) mass is 692 g/mol. The van der Waals surface area contributed by atoms with Gasteiger partial charge in [-0.15, -0.1) is 0 Å². The minimum Gasteiger partial charge on any atom is -0.406 e.